The molecule has 0 bridgehead atoms. The minimum Gasteiger partial charge on any atom is -0.289 e. The molecule has 22 heavy (non-hydrogen) atoms. The fourth-order valence-electron chi connectivity index (χ4n) is 2.29. The number of nitrogens with zero attached hydrogens (tertiary/aromatic N) is 2. The number of hydrogen-bond acceptors (Lipinski definition) is 4. The topological polar surface area (TPSA) is 33.2 Å². The molecule has 5 heteroatoms. The molecule has 0 atom stereocenters. The van der Waals surface area contributed by atoms with E-state index in [9.17, 15) is 4.79 Å². The lowest BCUT2D eigenvalue weighted by molar-refractivity contribution is -0.121. The molecule has 0 unspecified atom stereocenters. The third kappa shape index (κ3) is 2.82. The van der Waals surface area contributed by atoms with Gasteiger partial charge >= 0.3 is 0 Å². The first-order valence-electron chi connectivity index (χ1n) is 6.80. The van der Waals surface area contributed by atoms with Crippen LogP contribution in [0.15, 0.2) is 53.6 Å². The summed E-state index contributed by atoms with van der Waals surface area (Å²) in [4.78, 5) is 19.1. The summed E-state index contributed by atoms with van der Waals surface area (Å²) in [6.07, 6.45) is 3.62. The molecular formula is C17H14N2OS2. The Morgan fingerprint density at radius 1 is 1.41 bits per heavy atom. The zero-order chi connectivity index (χ0) is 15.7. The molecule has 0 saturated carbocycles. The van der Waals surface area contributed by atoms with Gasteiger partial charge < -0.3 is 0 Å². The van der Waals surface area contributed by atoms with Crippen LogP contribution >= 0.6 is 24.0 Å². The minimum absolute atomic E-state index is 0.0639. The Balaban J connectivity index is 2.00. The second-order valence-electron chi connectivity index (χ2n) is 5.15. The van der Waals surface area contributed by atoms with E-state index in [-0.39, 0.29) is 5.91 Å². The Bertz CT molecular complexity index is 821. The summed E-state index contributed by atoms with van der Waals surface area (Å²) in [5, 5.41) is 1.05. The fourth-order valence-corrected chi connectivity index (χ4v) is 3.54. The van der Waals surface area contributed by atoms with Crippen LogP contribution in [0.5, 0.6) is 0 Å². The van der Waals surface area contributed by atoms with E-state index >= 15 is 0 Å². The largest absolute Gasteiger partial charge is 0.289 e. The van der Waals surface area contributed by atoms with Crippen molar-refractivity contribution < 1.29 is 4.79 Å². The maximum Gasteiger partial charge on any atom is 0.266 e. The van der Waals surface area contributed by atoms with E-state index in [0.29, 0.717) is 15.8 Å². The molecule has 0 spiro atoms. The summed E-state index contributed by atoms with van der Waals surface area (Å²) in [5.41, 5.74) is 2.72. The lowest BCUT2D eigenvalue weighted by Gasteiger charge is -2.13. The summed E-state index contributed by atoms with van der Waals surface area (Å²) in [7, 11) is 0. The normalized spacial score (nSPS) is 16.8. The number of amides is 1. The van der Waals surface area contributed by atoms with Gasteiger partial charge in [-0.3, -0.25) is 14.7 Å². The summed E-state index contributed by atoms with van der Waals surface area (Å²) in [6.45, 7) is 6.20. The number of aromatic nitrogens is 1. The number of thiocarbonyl (C=S) groups is 1. The third-order valence-corrected chi connectivity index (χ3v) is 4.63. The number of rotatable bonds is 3. The van der Waals surface area contributed by atoms with Gasteiger partial charge in [0, 0.05) is 23.7 Å². The third-order valence-electron chi connectivity index (χ3n) is 3.25. The van der Waals surface area contributed by atoms with Gasteiger partial charge in [-0.1, -0.05) is 60.4 Å². The van der Waals surface area contributed by atoms with Crippen LogP contribution in [0.2, 0.25) is 0 Å². The smallest absolute Gasteiger partial charge is 0.266 e. The van der Waals surface area contributed by atoms with E-state index in [1.807, 2.05) is 43.3 Å². The van der Waals surface area contributed by atoms with Crippen LogP contribution < -0.4 is 0 Å². The van der Waals surface area contributed by atoms with E-state index in [1.165, 1.54) is 11.8 Å². The predicted molar refractivity (Wildman–Crippen MR) is 96.4 cm³/mol. The lowest BCUT2D eigenvalue weighted by Crippen LogP contribution is -2.29. The van der Waals surface area contributed by atoms with Crippen LogP contribution in [0, 0.1) is 0 Å². The summed E-state index contributed by atoms with van der Waals surface area (Å²) in [6, 6.07) is 9.83. The molecule has 0 radical (unpaired) electrons. The zero-order valence-electron chi connectivity index (χ0n) is 12.1. The van der Waals surface area contributed by atoms with Gasteiger partial charge in [-0.15, -0.1) is 0 Å². The number of para-hydroxylation sites is 1. The molecule has 1 saturated heterocycles. The zero-order valence-corrected chi connectivity index (χ0v) is 13.7. The van der Waals surface area contributed by atoms with Crippen molar-refractivity contribution in [2.45, 2.75) is 6.92 Å². The van der Waals surface area contributed by atoms with Crippen molar-refractivity contribution in [3.63, 3.8) is 0 Å². The SMILES string of the molecule is C=C(C)CN1C(=O)C(=Cc2cccc3cccnc23)SC1=S. The Morgan fingerprint density at radius 3 is 2.95 bits per heavy atom. The first kappa shape index (κ1) is 14.9. The Morgan fingerprint density at radius 2 is 2.18 bits per heavy atom. The van der Waals surface area contributed by atoms with Crippen molar-refractivity contribution in [3.05, 3.63) is 59.1 Å². The molecule has 1 fully saturated rings. The second-order valence-corrected chi connectivity index (χ2v) is 6.82. The summed E-state index contributed by atoms with van der Waals surface area (Å²) in [5.74, 6) is -0.0639. The standard InChI is InChI=1S/C17H14N2OS2/c1-11(2)10-19-16(20)14(22-17(19)21)9-13-6-3-5-12-7-4-8-18-15(12)13/h3-9H,1,10H2,2H3. The molecule has 1 aliphatic rings. The summed E-state index contributed by atoms with van der Waals surface area (Å²) < 4.78 is 0.576. The lowest BCUT2D eigenvalue weighted by atomic mass is 10.1. The maximum atomic E-state index is 12.5. The molecule has 1 aliphatic heterocycles. The average Bonchev–Trinajstić information content (AvgIpc) is 2.75. The number of benzene rings is 1. The van der Waals surface area contributed by atoms with Gasteiger partial charge in [0.1, 0.15) is 4.32 Å². The molecule has 1 aromatic heterocycles. The quantitative estimate of drug-likeness (QED) is 0.485. The Labute approximate surface area is 138 Å². The highest BCUT2D eigenvalue weighted by Gasteiger charge is 2.31. The van der Waals surface area contributed by atoms with Crippen LogP contribution in [0.1, 0.15) is 12.5 Å². The fraction of sp³-hybridized carbons (Fsp3) is 0.118. The Kier molecular flexibility index (Phi) is 4.09. The second kappa shape index (κ2) is 6.02. The van der Waals surface area contributed by atoms with E-state index in [4.69, 9.17) is 12.2 Å². The monoisotopic (exact) mass is 326 g/mol. The molecular weight excluding hydrogens is 312 g/mol. The van der Waals surface area contributed by atoms with Crippen molar-refractivity contribution in [1.82, 2.24) is 9.88 Å². The van der Waals surface area contributed by atoms with Crippen LogP contribution in [-0.4, -0.2) is 26.7 Å². The molecule has 2 heterocycles. The van der Waals surface area contributed by atoms with Gasteiger partial charge in [-0.2, -0.15) is 0 Å². The molecule has 0 N–H and O–H groups in total. The van der Waals surface area contributed by atoms with Crippen molar-refractivity contribution in [1.29, 1.82) is 0 Å². The molecule has 3 rings (SSSR count). The van der Waals surface area contributed by atoms with Crippen molar-refractivity contribution in [2.24, 2.45) is 0 Å². The van der Waals surface area contributed by atoms with Crippen molar-refractivity contribution >= 4 is 51.2 Å². The average molecular weight is 326 g/mol. The van der Waals surface area contributed by atoms with Gasteiger partial charge in [0.25, 0.3) is 5.91 Å². The van der Waals surface area contributed by atoms with Gasteiger partial charge in [-0.05, 0) is 19.1 Å². The number of thioether (sulfide) groups is 1. The van der Waals surface area contributed by atoms with Gasteiger partial charge in [0.15, 0.2) is 0 Å². The Hall–Kier alpha value is -1.98. The van der Waals surface area contributed by atoms with Gasteiger partial charge in [-0.25, -0.2) is 0 Å². The van der Waals surface area contributed by atoms with Crippen LogP contribution in [0.3, 0.4) is 0 Å². The molecule has 0 aliphatic carbocycles. The summed E-state index contributed by atoms with van der Waals surface area (Å²) >= 11 is 6.62. The number of carbonyl (C=O) groups is 1. The number of pyridine rings is 1. The van der Waals surface area contributed by atoms with E-state index in [1.54, 1.807) is 11.1 Å². The van der Waals surface area contributed by atoms with Crippen LogP contribution in [-0.2, 0) is 4.79 Å². The van der Waals surface area contributed by atoms with Crippen LogP contribution in [0.4, 0.5) is 0 Å². The maximum absolute atomic E-state index is 12.5. The number of fused-ring (bicyclic) bond motifs is 1. The molecule has 2 aromatic rings. The minimum atomic E-state index is -0.0639. The molecule has 1 amide bonds. The van der Waals surface area contributed by atoms with E-state index < -0.39 is 0 Å². The van der Waals surface area contributed by atoms with Gasteiger partial charge in [0.05, 0.1) is 10.4 Å². The first-order chi connectivity index (χ1) is 10.6. The predicted octanol–water partition coefficient (Wildman–Crippen LogP) is 4.01. The van der Waals surface area contributed by atoms with Crippen LogP contribution in [0.25, 0.3) is 17.0 Å². The highest BCUT2D eigenvalue weighted by Crippen LogP contribution is 2.33. The molecule has 110 valence electrons. The molecule has 3 nitrogen and oxygen atoms in total. The molecule has 1 aromatic carbocycles. The number of carbonyl (C=O) groups excluding carboxylic acids is 1. The van der Waals surface area contributed by atoms with E-state index in [2.05, 4.69) is 11.6 Å². The van der Waals surface area contributed by atoms with Crippen molar-refractivity contribution in [2.75, 3.05) is 6.54 Å². The van der Waals surface area contributed by atoms with Gasteiger partial charge in [0.2, 0.25) is 0 Å². The number of hydrogen-bond donors (Lipinski definition) is 0. The highest BCUT2D eigenvalue weighted by molar-refractivity contribution is 8.26. The van der Waals surface area contributed by atoms with Crippen molar-refractivity contribution in [3.8, 4) is 0 Å². The van der Waals surface area contributed by atoms with E-state index in [0.717, 1.165) is 22.0 Å². The first-order valence-corrected chi connectivity index (χ1v) is 8.02. The highest BCUT2D eigenvalue weighted by atomic mass is 32.2.